The van der Waals surface area contributed by atoms with E-state index in [-0.39, 0.29) is 27.1 Å². The van der Waals surface area contributed by atoms with Crippen LogP contribution in [0.25, 0.3) is 0 Å². The Kier molecular flexibility index (Phi) is 4.71. The first kappa shape index (κ1) is 22.9. The fourth-order valence-corrected chi connectivity index (χ4v) is 10.3. The second-order valence-corrected chi connectivity index (χ2v) is 14.7. The van der Waals surface area contributed by atoms with Gasteiger partial charge in [-0.05, 0) is 97.2 Å². The van der Waals surface area contributed by atoms with Gasteiger partial charge in [-0.3, -0.25) is 4.79 Å². The average molecular weight is 439 g/mol. The Labute approximate surface area is 196 Å². The molecule has 0 spiro atoms. The van der Waals surface area contributed by atoms with Gasteiger partial charge in [0, 0.05) is 17.3 Å². The summed E-state index contributed by atoms with van der Waals surface area (Å²) >= 11 is 0. The van der Waals surface area contributed by atoms with Crippen LogP contribution < -0.4 is 0 Å². The van der Waals surface area contributed by atoms with Gasteiger partial charge in [-0.2, -0.15) is 0 Å². The Morgan fingerprint density at radius 1 is 0.875 bits per heavy atom. The molecule has 2 nitrogen and oxygen atoms in total. The third-order valence-electron chi connectivity index (χ3n) is 12.7. The van der Waals surface area contributed by atoms with E-state index in [0.29, 0.717) is 29.0 Å². The molecule has 4 saturated carbocycles. The molecular formula is C30H46O2. The van der Waals surface area contributed by atoms with Gasteiger partial charge in [0.1, 0.15) is 12.1 Å². The van der Waals surface area contributed by atoms with Gasteiger partial charge in [-0.25, -0.2) is 0 Å². The second kappa shape index (κ2) is 6.60. The minimum Gasteiger partial charge on any atom is -0.303 e. The Morgan fingerprint density at radius 3 is 2.25 bits per heavy atom. The SMILES string of the molecule is CC1(C)CC[C@]2(C=O)CC[C@]3(C)C(=CC[C@@H]4[C@@]5(C)CCC(=O)C(C)(C)[C@@H]5CC[C@]43C)[C@@H]2C1. The molecule has 0 aromatic rings. The van der Waals surface area contributed by atoms with Crippen LogP contribution in [0.4, 0.5) is 0 Å². The topological polar surface area (TPSA) is 34.1 Å². The molecule has 0 aromatic carbocycles. The summed E-state index contributed by atoms with van der Waals surface area (Å²) in [6.45, 7) is 17.0. The summed E-state index contributed by atoms with van der Waals surface area (Å²) in [7, 11) is 0. The normalized spacial score (nSPS) is 51.4. The summed E-state index contributed by atoms with van der Waals surface area (Å²) in [6.07, 6.45) is 15.0. The highest BCUT2D eigenvalue weighted by Crippen LogP contribution is 2.75. The maximum absolute atomic E-state index is 12.9. The van der Waals surface area contributed by atoms with Gasteiger partial charge >= 0.3 is 0 Å². The molecule has 0 bridgehead atoms. The molecule has 5 aliphatic carbocycles. The number of aldehydes is 1. The fourth-order valence-electron chi connectivity index (χ4n) is 10.3. The largest absolute Gasteiger partial charge is 0.303 e. The van der Waals surface area contributed by atoms with E-state index in [1.807, 2.05) is 0 Å². The summed E-state index contributed by atoms with van der Waals surface area (Å²) in [4.78, 5) is 25.4. The number of Topliss-reactive ketones (excluding diaryl/α,β-unsaturated/α-hetero) is 1. The van der Waals surface area contributed by atoms with Crippen molar-refractivity contribution in [3.63, 3.8) is 0 Å². The summed E-state index contributed by atoms with van der Waals surface area (Å²) in [5.41, 5.74) is 2.34. The van der Waals surface area contributed by atoms with Crippen LogP contribution >= 0.6 is 0 Å². The Hall–Kier alpha value is -0.920. The van der Waals surface area contributed by atoms with E-state index < -0.39 is 0 Å². The molecule has 5 rings (SSSR count). The highest BCUT2D eigenvalue weighted by molar-refractivity contribution is 5.85. The molecular weight excluding hydrogens is 392 g/mol. The van der Waals surface area contributed by atoms with E-state index >= 15 is 0 Å². The van der Waals surface area contributed by atoms with E-state index in [1.165, 1.54) is 25.5 Å². The van der Waals surface area contributed by atoms with Crippen molar-refractivity contribution in [3.05, 3.63) is 11.6 Å². The molecule has 0 heterocycles. The molecule has 0 unspecified atom stereocenters. The fraction of sp³-hybridized carbons (Fsp3) is 0.867. The summed E-state index contributed by atoms with van der Waals surface area (Å²) in [5.74, 6) is 2.05. The number of rotatable bonds is 1. The van der Waals surface area contributed by atoms with Crippen molar-refractivity contribution in [1.82, 2.24) is 0 Å². The molecule has 4 fully saturated rings. The van der Waals surface area contributed by atoms with Gasteiger partial charge in [0.05, 0.1) is 0 Å². The van der Waals surface area contributed by atoms with Crippen molar-refractivity contribution >= 4 is 12.1 Å². The lowest BCUT2D eigenvalue weighted by molar-refractivity contribution is -0.184. The van der Waals surface area contributed by atoms with Crippen molar-refractivity contribution < 1.29 is 9.59 Å². The van der Waals surface area contributed by atoms with Crippen LogP contribution in [-0.2, 0) is 9.59 Å². The Bertz CT molecular complexity index is 879. The molecule has 0 radical (unpaired) electrons. The van der Waals surface area contributed by atoms with Gasteiger partial charge < -0.3 is 4.79 Å². The number of carbonyl (C=O) groups excluding carboxylic acids is 2. The molecule has 5 aliphatic rings. The maximum atomic E-state index is 12.9. The number of ketones is 1. The highest BCUT2D eigenvalue weighted by Gasteiger charge is 2.68. The first-order valence-corrected chi connectivity index (χ1v) is 13.5. The standard InChI is InChI=1S/C30H46O2/c1-25(2)14-16-30(19-31)17-15-28(6)20(21(30)18-25)8-9-23-27(5)12-11-24(32)26(3,4)22(27)10-13-29(23,28)7/h8,19,21-23H,9-18H2,1-7H3/t21-,22-,23+,27-,28+,29+,30+/m0/s1. The molecule has 32 heavy (non-hydrogen) atoms. The van der Waals surface area contributed by atoms with Crippen LogP contribution in [0.3, 0.4) is 0 Å². The van der Waals surface area contributed by atoms with Crippen molar-refractivity contribution in [2.75, 3.05) is 0 Å². The molecule has 7 atom stereocenters. The minimum absolute atomic E-state index is 0.121. The number of fused-ring (bicyclic) bond motifs is 7. The lowest BCUT2D eigenvalue weighted by Crippen LogP contribution is -2.64. The number of hydrogen-bond donors (Lipinski definition) is 0. The number of carbonyl (C=O) groups is 2. The predicted molar refractivity (Wildman–Crippen MR) is 130 cm³/mol. The molecule has 2 heteroatoms. The second-order valence-electron chi connectivity index (χ2n) is 14.7. The average Bonchev–Trinajstić information content (AvgIpc) is 2.71. The van der Waals surface area contributed by atoms with E-state index in [2.05, 4.69) is 54.5 Å². The first-order chi connectivity index (χ1) is 14.8. The third kappa shape index (κ3) is 2.65. The number of allylic oxidation sites excluding steroid dienone is 2. The summed E-state index contributed by atoms with van der Waals surface area (Å²) < 4.78 is 0. The molecule has 0 N–H and O–H groups in total. The lowest BCUT2D eigenvalue weighted by Gasteiger charge is -2.70. The van der Waals surface area contributed by atoms with E-state index in [4.69, 9.17) is 0 Å². The van der Waals surface area contributed by atoms with Crippen molar-refractivity contribution in [2.24, 2.45) is 50.2 Å². The Morgan fingerprint density at radius 2 is 1.56 bits per heavy atom. The van der Waals surface area contributed by atoms with Crippen LogP contribution in [0.1, 0.15) is 113 Å². The molecule has 0 aliphatic heterocycles. The summed E-state index contributed by atoms with van der Waals surface area (Å²) in [6, 6.07) is 0. The van der Waals surface area contributed by atoms with E-state index in [0.717, 1.165) is 44.9 Å². The zero-order valence-electron chi connectivity index (χ0n) is 21.8. The van der Waals surface area contributed by atoms with Gasteiger partial charge in [0.25, 0.3) is 0 Å². The predicted octanol–water partition coefficient (Wildman–Crippen LogP) is 7.56. The molecule has 0 saturated heterocycles. The van der Waals surface area contributed by atoms with Gasteiger partial charge in [-0.15, -0.1) is 0 Å². The minimum atomic E-state index is -0.189. The number of hydrogen-bond acceptors (Lipinski definition) is 2. The van der Waals surface area contributed by atoms with Crippen LogP contribution in [-0.4, -0.2) is 12.1 Å². The quantitative estimate of drug-likeness (QED) is 0.313. The zero-order valence-corrected chi connectivity index (χ0v) is 21.8. The monoisotopic (exact) mass is 438 g/mol. The first-order valence-electron chi connectivity index (χ1n) is 13.5. The van der Waals surface area contributed by atoms with Crippen molar-refractivity contribution in [1.29, 1.82) is 0 Å². The van der Waals surface area contributed by atoms with Crippen molar-refractivity contribution in [2.45, 2.75) is 113 Å². The highest BCUT2D eigenvalue weighted by atomic mass is 16.1. The smallest absolute Gasteiger partial charge is 0.138 e. The molecule has 0 amide bonds. The third-order valence-corrected chi connectivity index (χ3v) is 12.7. The van der Waals surface area contributed by atoms with E-state index in [1.54, 1.807) is 5.57 Å². The van der Waals surface area contributed by atoms with Gasteiger partial charge in [-0.1, -0.05) is 60.1 Å². The van der Waals surface area contributed by atoms with Crippen LogP contribution in [0.5, 0.6) is 0 Å². The van der Waals surface area contributed by atoms with Crippen LogP contribution in [0.2, 0.25) is 0 Å². The van der Waals surface area contributed by atoms with Gasteiger partial charge in [0.2, 0.25) is 0 Å². The Balaban J connectivity index is 1.59. The molecule has 0 aromatic heterocycles. The zero-order chi connectivity index (χ0) is 23.4. The van der Waals surface area contributed by atoms with Crippen molar-refractivity contribution in [3.8, 4) is 0 Å². The molecule has 178 valence electrons. The van der Waals surface area contributed by atoms with E-state index in [9.17, 15) is 9.59 Å². The maximum Gasteiger partial charge on any atom is 0.138 e. The summed E-state index contributed by atoms with van der Waals surface area (Å²) in [5, 5.41) is 0. The van der Waals surface area contributed by atoms with Crippen LogP contribution in [0, 0.1) is 50.2 Å². The van der Waals surface area contributed by atoms with Gasteiger partial charge in [0.15, 0.2) is 0 Å². The lowest BCUT2D eigenvalue weighted by atomic mass is 9.33. The van der Waals surface area contributed by atoms with Crippen LogP contribution in [0.15, 0.2) is 11.6 Å².